The highest BCUT2D eigenvalue weighted by molar-refractivity contribution is 6.21. The van der Waals surface area contributed by atoms with E-state index in [0.29, 0.717) is 36.9 Å². The Labute approximate surface area is 132 Å². The summed E-state index contributed by atoms with van der Waals surface area (Å²) in [6.07, 6.45) is 1.78. The molecule has 23 heavy (non-hydrogen) atoms. The number of hydrogen-bond donors (Lipinski definition) is 0. The highest BCUT2D eigenvalue weighted by atomic mass is 16.2. The first-order valence-electron chi connectivity index (χ1n) is 7.19. The number of azide groups is 2. The molecule has 9 nitrogen and oxygen atoms in total. The van der Waals surface area contributed by atoms with Gasteiger partial charge in [0.2, 0.25) is 0 Å². The Bertz CT molecular complexity index is 670. The predicted molar refractivity (Wildman–Crippen MR) is 82.6 cm³/mol. The van der Waals surface area contributed by atoms with Gasteiger partial charge in [0.15, 0.2) is 0 Å². The van der Waals surface area contributed by atoms with Gasteiger partial charge in [-0.2, -0.15) is 0 Å². The van der Waals surface area contributed by atoms with E-state index < -0.39 is 6.04 Å². The van der Waals surface area contributed by atoms with E-state index in [2.05, 4.69) is 20.1 Å². The molecule has 0 bridgehead atoms. The number of benzene rings is 1. The third-order valence-corrected chi connectivity index (χ3v) is 3.62. The molecule has 1 atom stereocenters. The van der Waals surface area contributed by atoms with E-state index >= 15 is 0 Å². The number of fused-ring (bicyclic) bond motifs is 1. The van der Waals surface area contributed by atoms with Gasteiger partial charge in [-0.1, -0.05) is 28.8 Å². The minimum Gasteiger partial charge on any atom is -0.274 e. The minimum atomic E-state index is -0.405. The first kappa shape index (κ1) is 16.4. The summed E-state index contributed by atoms with van der Waals surface area (Å²) in [5.74, 6) is -0.544. The Morgan fingerprint density at radius 1 is 1.04 bits per heavy atom. The van der Waals surface area contributed by atoms with Crippen LogP contribution in [-0.2, 0) is 0 Å². The second kappa shape index (κ2) is 7.84. The minimum absolute atomic E-state index is 0.105. The van der Waals surface area contributed by atoms with Gasteiger partial charge < -0.3 is 0 Å². The van der Waals surface area contributed by atoms with Gasteiger partial charge in [-0.25, -0.2) is 0 Å². The zero-order valence-corrected chi connectivity index (χ0v) is 12.4. The van der Waals surface area contributed by atoms with Crippen molar-refractivity contribution >= 4 is 11.8 Å². The Morgan fingerprint density at radius 3 is 2.26 bits per heavy atom. The fourth-order valence-corrected chi connectivity index (χ4v) is 2.48. The first-order chi connectivity index (χ1) is 11.2. The molecule has 0 N–H and O–H groups in total. The average molecular weight is 313 g/mol. The van der Waals surface area contributed by atoms with Crippen LogP contribution in [0.4, 0.5) is 0 Å². The van der Waals surface area contributed by atoms with Crippen LogP contribution in [0.5, 0.6) is 0 Å². The Hall–Kier alpha value is -3.02. The molecule has 9 heteroatoms. The molecule has 0 saturated carbocycles. The second-order valence-electron chi connectivity index (χ2n) is 5.08. The highest BCUT2D eigenvalue weighted by Gasteiger charge is 2.34. The van der Waals surface area contributed by atoms with Crippen molar-refractivity contribution in [2.24, 2.45) is 10.2 Å². The molecule has 118 valence electrons. The predicted octanol–water partition coefficient (Wildman–Crippen LogP) is 3.44. The van der Waals surface area contributed by atoms with E-state index in [1.165, 1.54) is 4.90 Å². The lowest BCUT2D eigenvalue weighted by molar-refractivity contribution is 0.0651. The molecule has 0 aliphatic carbocycles. The van der Waals surface area contributed by atoms with Gasteiger partial charge in [-0.3, -0.25) is 14.5 Å². The van der Waals surface area contributed by atoms with Crippen molar-refractivity contribution in [3.63, 3.8) is 0 Å². The average Bonchev–Trinajstić information content (AvgIpc) is 2.81. The second-order valence-corrected chi connectivity index (χ2v) is 5.08. The molecule has 0 saturated heterocycles. The zero-order valence-electron chi connectivity index (χ0n) is 12.4. The highest BCUT2D eigenvalue weighted by Crippen LogP contribution is 2.22. The van der Waals surface area contributed by atoms with Gasteiger partial charge in [-0.15, -0.1) is 0 Å². The SMILES string of the molecule is [N-]=[N+]=NCC(CCCCN1C(=O)c2ccccc2C1=O)N=[N+]=[N-]. The van der Waals surface area contributed by atoms with Crippen LogP contribution in [0.15, 0.2) is 34.5 Å². The van der Waals surface area contributed by atoms with Crippen LogP contribution in [0.2, 0.25) is 0 Å². The van der Waals surface area contributed by atoms with E-state index in [4.69, 9.17) is 11.1 Å². The summed E-state index contributed by atoms with van der Waals surface area (Å²) < 4.78 is 0. The standard InChI is InChI=1S/C14H15N7O2/c15-19-17-9-10(18-20-16)5-3-4-8-21-13(22)11-6-1-2-7-12(11)14(21)23/h1-2,6-7,10H,3-5,8-9H2. The topological polar surface area (TPSA) is 135 Å². The molecule has 1 heterocycles. The molecule has 2 rings (SSSR count). The lowest BCUT2D eigenvalue weighted by atomic mass is 10.1. The third-order valence-electron chi connectivity index (χ3n) is 3.62. The van der Waals surface area contributed by atoms with Crippen LogP contribution in [0.25, 0.3) is 20.9 Å². The summed E-state index contributed by atoms with van der Waals surface area (Å²) in [5, 5.41) is 6.96. The summed E-state index contributed by atoms with van der Waals surface area (Å²) in [4.78, 5) is 30.9. The van der Waals surface area contributed by atoms with Gasteiger partial charge in [0.25, 0.3) is 11.8 Å². The number of hydrogen-bond acceptors (Lipinski definition) is 4. The zero-order chi connectivity index (χ0) is 16.7. The Kier molecular flexibility index (Phi) is 5.57. The molecule has 1 aromatic carbocycles. The lowest BCUT2D eigenvalue weighted by Crippen LogP contribution is -2.30. The number of amides is 2. The number of rotatable bonds is 8. The fourth-order valence-electron chi connectivity index (χ4n) is 2.48. The van der Waals surface area contributed by atoms with Crippen LogP contribution in [-0.4, -0.2) is 35.8 Å². The van der Waals surface area contributed by atoms with Crippen LogP contribution in [0.1, 0.15) is 40.0 Å². The van der Waals surface area contributed by atoms with E-state index in [9.17, 15) is 9.59 Å². The van der Waals surface area contributed by atoms with Crippen molar-refractivity contribution in [2.75, 3.05) is 13.1 Å². The summed E-state index contributed by atoms with van der Waals surface area (Å²) in [6.45, 7) is 0.421. The summed E-state index contributed by atoms with van der Waals surface area (Å²) >= 11 is 0. The quantitative estimate of drug-likeness (QED) is 0.239. The Morgan fingerprint density at radius 2 is 1.70 bits per heavy atom. The van der Waals surface area contributed by atoms with Gasteiger partial charge in [0.1, 0.15) is 0 Å². The summed E-state index contributed by atoms with van der Waals surface area (Å²) in [6, 6.07) is 6.35. The van der Waals surface area contributed by atoms with Crippen molar-refractivity contribution in [3.05, 3.63) is 56.3 Å². The van der Waals surface area contributed by atoms with Gasteiger partial charge in [0, 0.05) is 29.0 Å². The van der Waals surface area contributed by atoms with Crippen molar-refractivity contribution in [1.29, 1.82) is 0 Å². The smallest absolute Gasteiger partial charge is 0.261 e. The van der Waals surface area contributed by atoms with Crippen molar-refractivity contribution in [2.45, 2.75) is 25.3 Å². The number of imide groups is 1. The van der Waals surface area contributed by atoms with E-state index in [1.54, 1.807) is 24.3 Å². The molecule has 2 amide bonds. The van der Waals surface area contributed by atoms with Gasteiger partial charge in [0.05, 0.1) is 11.1 Å². The van der Waals surface area contributed by atoms with Gasteiger partial charge in [-0.05, 0) is 36.0 Å². The summed E-state index contributed by atoms with van der Waals surface area (Å²) in [7, 11) is 0. The molecule has 0 radical (unpaired) electrons. The molecule has 0 spiro atoms. The van der Waals surface area contributed by atoms with Crippen LogP contribution in [0, 0.1) is 0 Å². The largest absolute Gasteiger partial charge is 0.274 e. The maximum Gasteiger partial charge on any atom is 0.261 e. The van der Waals surface area contributed by atoms with E-state index in [0.717, 1.165) is 0 Å². The number of unbranched alkanes of at least 4 members (excludes halogenated alkanes) is 1. The lowest BCUT2D eigenvalue weighted by Gasteiger charge is -2.14. The van der Waals surface area contributed by atoms with E-state index in [1.807, 2.05) is 0 Å². The van der Waals surface area contributed by atoms with E-state index in [-0.39, 0.29) is 18.4 Å². The third kappa shape index (κ3) is 3.79. The molecule has 1 aliphatic heterocycles. The maximum atomic E-state index is 12.2. The molecular weight excluding hydrogens is 298 g/mol. The van der Waals surface area contributed by atoms with Crippen molar-refractivity contribution < 1.29 is 9.59 Å². The molecule has 1 unspecified atom stereocenters. The molecule has 0 aromatic heterocycles. The number of nitrogens with zero attached hydrogens (tertiary/aromatic N) is 7. The van der Waals surface area contributed by atoms with Crippen molar-refractivity contribution in [3.8, 4) is 0 Å². The molecular formula is C14H15N7O2. The van der Waals surface area contributed by atoms with Crippen LogP contribution < -0.4 is 0 Å². The fraction of sp³-hybridized carbons (Fsp3) is 0.429. The monoisotopic (exact) mass is 313 g/mol. The first-order valence-corrected chi connectivity index (χ1v) is 7.19. The number of carbonyl (C=O) groups excluding carboxylic acids is 2. The normalized spacial score (nSPS) is 14.0. The van der Waals surface area contributed by atoms with Crippen LogP contribution >= 0.6 is 0 Å². The molecule has 1 aliphatic rings. The molecule has 0 fully saturated rings. The number of carbonyl (C=O) groups is 2. The van der Waals surface area contributed by atoms with Gasteiger partial charge >= 0.3 is 0 Å². The maximum absolute atomic E-state index is 12.2. The molecule has 1 aromatic rings. The Balaban J connectivity index is 1.85. The van der Waals surface area contributed by atoms with Crippen LogP contribution in [0.3, 0.4) is 0 Å². The van der Waals surface area contributed by atoms with Crippen molar-refractivity contribution in [1.82, 2.24) is 4.90 Å². The summed E-state index contributed by atoms with van der Waals surface area (Å²) in [5.41, 5.74) is 17.6.